The van der Waals surface area contributed by atoms with E-state index in [4.69, 9.17) is 14.2 Å². The predicted molar refractivity (Wildman–Crippen MR) is 228 cm³/mol. The molecule has 0 unspecified atom stereocenters. The predicted octanol–water partition coefficient (Wildman–Crippen LogP) is 14.0. The molecule has 2 heterocycles. The molecule has 0 aliphatic rings. The van der Waals surface area contributed by atoms with Crippen molar-refractivity contribution in [2.75, 3.05) is 21.3 Å². The zero-order chi connectivity index (χ0) is 42.9. The number of rotatable bonds is 6. The van der Waals surface area contributed by atoms with Gasteiger partial charge in [0.15, 0.2) is 0 Å². The third-order valence-electron chi connectivity index (χ3n) is 7.14. The van der Waals surface area contributed by atoms with Gasteiger partial charge in [-0.1, -0.05) is 126 Å². The monoisotopic (exact) mass is 788 g/mol. The Labute approximate surface area is 338 Å². The maximum Gasteiger partial charge on any atom is 0.386 e. The van der Waals surface area contributed by atoms with Gasteiger partial charge in [-0.2, -0.15) is 13.2 Å². The van der Waals surface area contributed by atoms with Crippen molar-refractivity contribution < 1.29 is 31.8 Å². The summed E-state index contributed by atoms with van der Waals surface area (Å²) in [5.74, 6) is 3.88. The molecule has 0 fully saturated rings. The number of hydrogen-bond donors (Lipinski definition) is 0. The summed E-state index contributed by atoms with van der Waals surface area (Å²) in [6.07, 6.45) is 3.00. The third-order valence-corrected chi connectivity index (χ3v) is 7.14. The van der Waals surface area contributed by atoms with Gasteiger partial charge in [0.05, 0.1) is 21.3 Å². The average molecular weight is 789 g/mol. The first kappa shape index (κ1) is 51.3. The van der Waals surface area contributed by atoms with Crippen LogP contribution in [0.3, 0.4) is 0 Å². The smallest absolute Gasteiger partial charge is 0.386 e. The Kier molecular flexibility index (Phi) is 28.3. The summed E-state index contributed by atoms with van der Waals surface area (Å²) < 4.78 is 59.4. The number of halogens is 4. The number of alkyl halides is 3. The van der Waals surface area contributed by atoms with Gasteiger partial charge in [-0.05, 0) is 89.0 Å². The average Bonchev–Trinajstić information content (AvgIpc) is 3.23. The lowest BCUT2D eigenvalue weighted by molar-refractivity contribution is -0.110. The van der Waals surface area contributed by atoms with Gasteiger partial charge in [-0.3, -0.25) is 9.97 Å². The molecule has 5 nitrogen and oxygen atoms in total. The molecule has 2 aromatic heterocycles. The zero-order valence-corrected chi connectivity index (χ0v) is 35.0. The van der Waals surface area contributed by atoms with E-state index in [2.05, 4.69) is 49.8 Å². The second-order valence-corrected chi connectivity index (χ2v) is 12.8. The van der Waals surface area contributed by atoms with Crippen LogP contribution in [-0.4, -0.2) is 37.5 Å². The van der Waals surface area contributed by atoms with Crippen LogP contribution in [0, 0.1) is 5.82 Å². The van der Waals surface area contributed by atoms with Gasteiger partial charge >= 0.3 is 6.18 Å². The lowest BCUT2D eigenvalue weighted by Gasteiger charge is -2.10. The minimum Gasteiger partial charge on any atom is -0.496 e. The first-order chi connectivity index (χ1) is 27.2. The van der Waals surface area contributed by atoms with E-state index in [1.807, 2.05) is 123 Å². The second kappa shape index (κ2) is 31.5. The van der Waals surface area contributed by atoms with Crippen LogP contribution in [0.4, 0.5) is 17.6 Å². The molecule has 0 saturated heterocycles. The normalized spacial score (nSPS) is 9.70. The molecule has 308 valence electrons. The Bertz CT molecular complexity index is 1580. The van der Waals surface area contributed by atoms with Crippen molar-refractivity contribution in [2.45, 2.75) is 72.4 Å². The molecule has 0 spiro atoms. The van der Waals surface area contributed by atoms with Crippen LogP contribution >= 0.6 is 0 Å². The summed E-state index contributed by atoms with van der Waals surface area (Å²) >= 11 is 0. The first-order valence-corrected chi connectivity index (χ1v) is 18.5. The maximum absolute atomic E-state index is 12.8. The Balaban J connectivity index is 0.000000658. The summed E-state index contributed by atoms with van der Waals surface area (Å²) in [6, 6.07) is 44.3. The highest BCUT2D eigenvalue weighted by atomic mass is 19.4. The first-order valence-electron chi connectivity index (χ1n) is 18.5. The van der Waals surface area contributed by atoms with E-state index in [-0.39, 0.29) is 18.7 Å². The number of hydrogen-bond acceptors (Lipinski definition) is 5. The molecule has 6 rings (SSSR count). The number of pyridine rings is 2. The van der Waals surface area contributed by atoms with Crippen molar-refractivity contribution in [2.24, 2.45) is 0 Å². The third kappa shape index (κ3) is 27.5. The lowest BCUT2D eigenvalue weighted by Crippen LogP contribution is -1.95. The fourth-order valence-corrected chi connectivity index (χ4v) is 4.45. The van der Waals surface area contributed by atoms with E-state index < -0.39 is 6.18 Å². The van der Waals surface area contributed by atoms with E-state index in [1.165, 1.54) is 23.3 Å². The Hall–Kier alpha value is -5.70. The molecule has 0 bridgehead atoms. The lowest BCUT2D eigenvalue weighted by atomic mass is 10.0. The number of para-hydroxylation sites is 2. The molecule has 0 radical (unpaired) electrons. The second-order valence-electron chi connectivity index (χ2n) is 12.8. The van der Waals surface area contributed by atoms with Crippen LogP contribution in [0.5, 0.6) is 17.2 Å². The highest BCUT2D eigenvalue weighted by Crippen LogP contribution is 2.27. The van der Waals surface area contributed by atoms with Crippen LogP contribution < -0.4 is 14.2 Å². The molecule has 57 heavy (non-hydrogen) atoms. The summed E-state index contributed by atoms with van der Waals surface area (Å²) in [6.45, 7) is 12.9. The number of nitrogens with zero attached hydrogens (tertiary/aromatic N) is 2. The summed E-state index contributed by atoms with van der Waals surface area (Å²) in [7, 11) is 5.02. The quantitative estimate of drug-likeness (QED) is 0.157. The molecule has 0 atom stereocenters. The number of benzene rings is 4. The Morgan fingerprint density at radius 1 is 0.421 bits per heavy atom. The fourth-order valence-electron chi connectivity index (χ4n) is 4.45. The van der Waals surface area contributed by atoms with Crippen molar-refractivity contribution in [1.82, 2.24) is 9.97 Å². The van der Waals surface area contributed by atoms with Crippen molar-refractivity contribution in [1.29, 1.82) is 0 Å². The van der Waals surface area contributed by atoms with E-state index >= 15 is 0 Å². The fraction of sp³-hybridized carbons (Fsp3) is 0.292. The topological polar surface area (TPSA) is 53.5 Å². The van der Waals surface area contributed by atoms with Crippen LogP contribution in [-0.2, 0) is 0 Å². The van der Waals surface area contributed by atoms with Gasteiger partial charge in [-0.25, -0.2) is 4.39 Å². The van der Waals surface area contributed by atoms with Crippen molar-refractivity contribution >= 4 is 0 Å². The molecule has 9 heteroatoms. The molecule has 6 aromatic rings. The molecule has 0 aliphatic carbocycles. The summed E-state index contributed by atoms with van der Waals surface area (Å²) in [4.78, 5) is 7.57. The van der Waals surface area contributed by atoms with E-state index in [0.717, 1.165) is 22.8 Å². The minimum absolute atomic E-state index is 0.188. The van der Waals surface area contributed by atoms with Gasteiger partial charge < -0.3 is 14.2 Å². The molecular weight excluding hydrogens is 729 g/mol. The van der Waals surface area contributed by atoms with Gasteiger partial charge in [0.2, 0.25) is 0 Å². The maximum atomic E-state index is 12.8. The van der Waals surface area contributed by atoms with E-state index in [1.54, 1.807) is 52.2 Å². The Morgan fingerprint density at radius 3 is 0.930 bits per heavy atom. The molecular formula is C48H60F4N2O3. The van der Waals surface area contributed by atoms with Crippen LogP contribution in [0.15, 0.2) is 164 Å². The van der Waals surface area contributed by atoms with Crippen LogP contribution in [0.2, 0.25) is 0 Å². The molecule has 0 amide bonds. The zero-order valence-electron chi connectivity index (χ0n) is 35.0. The Morgan fingerprint density at radius 2 is 0.702 bits per heavy atom. The molecule has 0 saturated carbocycles. The van der Waals surface area contributed by atoms with Gasteiger partial charge in [0.1, 0.15) is 23.1 Å². The molecule has 4 aromatic carbocycles. The minimum atomic E-state index is -4.00. The highest BCUT2D eigenvalue weighted by Gasteiger charge is 2.15. The van der Waals surface area contributed by atoms with Crippen molar-refractivity contribution in [3.05, 3.63) is 187 Å². The van der Waals surface area contributed by atoms with Gasteiger partial charge in [-0.15, -0.1) is 0 Å². The number of aromatic nitrogens is 2. The molecule has 0 N–H and O–H groups in total. The summed E-state index contributed by atoms with van der Waals surface area (Å²) in [5, 5.41) is 0. The number of methoxy groups -OCH3 is 3. The van der Waals surface area contributed by atoms with E-state index in [9.17, 15) is 17.6 Å². The van der Waals surface area contributed by atoms with Crippen molar-refractivity contribution in [3.8, 4) is 17.2 Å². The summed E-state index contributed by atoms with van der Waals surface area (Å²) in [5.41, 5.74) is 3.46. The molecule has 0 aliphatic heterocycles. The highest BCUT2D eigenvalue weighted by molar-refractivity contribution is 5.37. The van der Waals surface area contributed by atoms with Crippen LogP contribution in [0.1, 0.15) is 82.9 Å². The van der Waals surface area contributed by atoms with Gasteiger partial charge in [0.25, 0.3) is 0 Å². The van der Waals surface area contributed by atoms with E-state index in [0.29, 0.717) is 11.8 Å². The standard InChI is InChI=1S/C10H13FO.2C10H14O.C6H6.2C5H5N.C2H3F3/c1-7(2)9-6-8(11)4-5-10(9)12-3;2*1-8(2)9-6-4-5-7-10(9)11-3;3*1-2-4-6-5-3-1;1-2(3,4)5/h4-7H,1-3H3;2*4-8H,1-3H3;1-6H;2*1-5H;1H3. The van der Waals surface area contributed by atoms with Crippen LogP contribution in [0.25, 0.3) is 0 Å². The largest absolute Gasteiger partial charge is 0.496 e. The SMILES string of the molecule is CC(F)(F)F.COc1ccc(F)cc1C(C)C.COc1ccccc1C(C)C.COc1ccccc1C(C)C.c1ccccc1.c1ccncc1.c1ccncc1. The number of ether oxygens (including phenoxy) is 3. The van der Waals surface area contributed by atoms with Crippen molar-refractivity contribution in [3.63, 3.8) is 0 Å². The van der Waals surface area contributed by atoms with Gasteiger partial charge in [0, 0.05) is 31.7 Å².